The van der Waals surface area contributed by atoms with Gasteiger partial charge in [-0.25, -0.2) is 0 Å². The molecule has 9 heavy (non-hydrogen) atoms. The second-order valence-corrected chi connectivity index (χ2v) is 2.48. The third-order valence-corrected chi connectivity index (χ3v) is 1.84. The smallest absolute Gasteiger partial charge is 0.308 e. The Bertz CT molecular complexity index is 124. The van der Waals surface area contributed by atoms with Crippen LogP contribution >= 0.6 is 0 Å². The van der Waals surface area contributed by atoms with Gasteiger partial charge in [0.05, 0.1) is 5.92 Å². The number of aliphatic carboxylic acids is 1. The molecule has 0 aromatic rings. The van der Waals surface area contributed by atoms with Crippen molar-refractivity contribution >= 4 is 5.97 Å². The Labute approximate surface area is 54.1 Å². The predicted molar refractivity (Wildman–Crippen MR) is 33.2 cm³/mol. The molecule has 0 aromatic carbocycles. The maximum Gasteiger partial charge on any atom is 0.308 e. The Morgan fingerprint density at radius 3 is 2.67 bits per heavy atom. The third-order valence-electron chi connectivity index (χ3n) is 1.84. The Kier molecular flexibility index (Phi) is 1.71. The molecule has 0 bridgehead atoms. The van der Waals surface area contributed by atoms with Gasteiger partial charge < -0.3 is 10.4 Å². The molecule has 0 aromatic heterocycles. The molecule has 52 valence electrons. The standard InChI is InChI=1S/C6H11NO2/c1-4-5(6(8)9)2-3-7-4/h4-5,7H,2-3H2,1H3,(H,8,9)/t4-,5+/m0/s1. The molecule has 3 heteroatoms. The van der Waals surface area contributed by atoms with Gasteiger partial charge in [-0.3, -0.25) is 4.79 Å². The normalized spacial score (nSPS) is 34.8. The highest BCUT2D eigenvalue weighted by Crippen LogP contribution is 2.14. The van der Waals surface area contributed by atoms with E-state index in [1.54, 1.807) is 0 Å². The number of hydrogen-bond donors (Lipinski definition) is 2. The molecule has 0 radical (unpaired) electrons. The van der Waals surface area contributed by atoms with Crippen LogP contribution in [0.25, 0.3) is 0 Å². The summed E-state index contributed by atoms with van der Waals surface area (Å²) in [5.41, 5.74) is 0. The fourth-order valence-electron chi connectivity index (χ4n) is 1.20. The van der Waals surface area contributed by atoms with Crippen molar-refractivity contribution in [3.63, 3.8) is 0 Å². The van der Waals surface area contributed by atoms with Gasteiger partial charge in [-0.1, -0.05) is 0 Å². The first-order chi connectivity index (χ1) is 4.22. The second-order valence-electron chi connectivity index (χ2n) is 2.48. The van der Waals surface area contributed by atoms with Gasteiger partial charge in [-0.05, 0) is 19.9 Å². The summed E-state index contributed by atoms with van der Waals surface area (Å²) in [6.07, 6.45) is 0.774. The number of hydrogen-bond acceptors (Lipinski definition) is 2. The van der Waals surface area contributed by atoms with Gasteiger partial charge in [0.1, 0.15) is 0 Å². The van der Waals surface area contributed by atoms with Gasteiger partial charge in [0.2, 0.25) is 0 Å². The molecule has 1 fully saturated rings. The lowest BCUT2D eigenvalue weighted by Gasteiger charge is -2.07. The quantitative estimate of drug-likeness (QED) is 0.526. The van der Waals surface area contributed by atoms with Crippen LogP contribution in [0.4, 0.5) is 0 Å². The summed E-state index contributed by atoms with van der Waals surface area (Å²) in [7, 11) is 0. The van der Waals surface area contributed by atoms with Crippen LogP contribution in [0.3, 0.4) is 0 Å². The van der Waals surface area contributed by atoms with E-state index in [9.17, 15) is 4.79 Å². The largest absolute Gasteiger partial charge is 0.481 e. The lowest BCUT2D eigenvalue weighted by atomic mass is 10.0. The zero-order chi connectivity index (χ0) is 6.85. The minimum absolute atomic E-state index is 0.155. The summed E-state index contributed by atoms with van der Waals surface area (Å²) in [5, 5.41) is 11.6. The zero-order valence-corrected chi connectivity index (χ0v) is 5.42. The van der Waals surface area contributed by atoms with Crippen molar-refractivity contribution in [2.75, 3.05) is 6.54 Å². The molecule has 1 rings (SSSR count). The molecular formula is C6H11NO2. The molecule has 1 saturated heterocycles. The number of rotatable bonds is 1. The molecule has 0 aliphatic carbocycles. The van der Waals surface area contributed by atoms with Crippen LogP contribution in [0.1, 0.15) is 13.3 Å². The molecule has 1 heterocycles. The monoisotopic (exact) mass is 129 g/mol. The minimum Gasteiger partial charge on any atom is -0.481 e. The summed E-state index contributed by atoms with van der Waals surface area (Å²) in [4.78, 5) is 10.4. The van der Waals surface area contributed by atoms with E-state index in [0.717, 1.165) is 13.0 Å². The topological polar surface area (TPSA) is 49.3 Å². The molecule has 0 spiro atoms. The minimum atomic E-state index is -0.674. The van der Waals surface area contributed by atoms with E-state index in [0.29, 0.717) is 0 Å². The Hall–Kier alpha value is -0.570. The van der Waals surface area contributed by atoms with Crippen molar-refractivity contribution < 1.29 is 9.90 Å². The van der Waals surface area contributed by atoms with Crippen molar-refractivity contribution in [3.05, 3.63) is 0 Å². The number of carbonyl (C=O) groups is 1. The van der Waals surface area contributed by atoms with E-state index in [4.69, 9.17) is 5.11 Å². The molecule has 1 aliphatic heterocycles. The van der Waals surface area contributed by atoms with Crippen LogP contribution in [0.5, 0.6) is 0 Å². The van der Waals surface area contributed by atoms with Crippen LogP contribution in [0, 0.1) is 5.92 Å². The first kappa shape index (κ1) is 6.55. The molecule has 0 amide bonds. The van der Waals surface area contributed by atoms with Gasteiger partial charge in [0.15, 0.2) is 0 Å². The number of nitrogens with one attached hydrogen (secondary N) is 1. The highest BCUT2D eigenvalue weighted by atomic mass is 16.4. The van der Waals surface area contributed by atoms with E-state index < -0.39 is 5.97 Å². The Morgan fingerprint density at radius 2 is 2.44 bits per heavy atom. The van der Waals surface area contributed by atoms with Gasteiger partial charge in [0, 0.05) is 6.04 Å². The summed E-state index contributed by atoms with van der Waals surface area (Å²) in [6.45, 7) is 2.75. The summed E-state index contributed by atoms with van der Waals surface area (Å²) in [6, 6.07) is 0.155. The molecule has 2 atom stereocenters. The molecule has 3 nitrogen and oxygen atoms in total. The molecular weight excluding hydrogens is 118 g/mol. The first-order valence-electron chi connectivity index (χ1n) is 3.18. The lowest BCUT2D eigenvalue weighted by Crippen LogP contribution is -2.27. The molecule has 0 saturated carbocycles. The average Bonchev–Trinajstić information content (AvgIpc) is 2.13. The van der Waals surface area contributed by atoms with E-state index in [2.05, 4.69) is 5.32 Å². The van der Waals surface area contributed by atoms with Gasteiger partial charge in [-0.15, -0.1) is 0 Å². The van der Waals surface area contributed by atoms with Crippen LogP contribution in [0.2, 0.25) is 0 Å². The van der Waals surface area contributed by atoms with Crippen LogP contribution in [0.15, 0.2) is 0 Å². The van der Waals surface area contributed by atoms with Gasteiger partial charge in [0.25, 0.3) is 0 Å². The maximum absolute atomic E-state index is 10.4. The lowest BCUT2D eigenvalue weighted by molar-refractivity contribution is -0.141. The number of carboxylic acids is 1. The average molecular weight is 129 g/mol. The van der Waals surface area contributed by atoms with Crippen LogP contribution in [-0.4, -0.2) is 23.7 Å². The van der Waals surface area contributed by atoms with Gasteiger partial charge >= 0.3 is 5.97 Å². The second kappa shape index (κ2) is 2.35. The van der Waals surface area contributed by atoms with Gasteiger partial charge in [-0.2, -0.15) is 0 Å². The van der Waals surface area contributed by atoms with E-state index in [1.807, 2.05) is 6.92 Å². The van der Waals surface area contributed by atoms with Crippen molar-refractivity contribution in [1.82, 2.24) is 5.32 Å². The first-order valence-corrected chi connectivity index (χ1v) is 3.18. The van der Waals surface area contributed by atoms with E-state index in [1.165, 1.54) is 0 Å². The predicted octanol–water partition coefficient (Wildman–Crippen LogP) is 0.0690. The van der Waals surface area contributed by atoms with Crippen LogP contribution in [-0.2, 0) is 4.79 Å². The highest BCUT2D eigenvalue weighted by Gasteiger charge is 2.28. The van der Waals surface area contributed by atoms with Crippen molar-refractivity contribution in [3.8, 4) is 0 Å². The summed E-state index contributed by atoms with van der Waals surface area (Å²) in [5.74, 6) is -0.836. The highest BCUT2D eigenvalue weighted by molar-refractivity contribution is 5.71. The van der Waals surface area contributed by atoms with E-state index >= 15 is 0 Å². The summed E-state index contributed by atoms with van der Waals surface area (Å²) < 4.78 is 0. The van der Waals surface area contributed by atoms with Crippen LogP contribution < -0.4 is 5.32 Å². The Morgan fingerprint density at radius 1 is 1.78 bits per heavy atom. The van der Waals surface area contributed by atoms with Crippen molar-refractivity contribution in [1.29, 1.82) is 0 Å². The van der Waals surface area contributed by atoms with E-state index in [-0.39, 0.29) is 12.0 Å². The molecule has 1 aliphatic rings. The fourth-order valence-corrected chi connectivity index (χ4v) is 1.20. The molecule has 2 N–H and O–H groups in total. The zero-order valence-electron chi connectivity index (χ0n) is 5.42. The SMILES string of the molecule is C[C@@H]1NCC[C@H]1C(=O)O. The maximum atomic E-state index is 10.4. The summed E-state index contributed by atoms with van der Waals surface area (Å²) >= 11 is 0. The molecule has 0 unspecified atom stereocenters. The fraction of sp³-hybridized carbons (Fsp3) is 0.833. The van der Waals surface area contributed by atoms with Crippen molar-refractivity contribution in [2.24, 2.45) is 5.92 Å². The number of carboxylic acid groups (broad SMARTS) is 1. The van der Waals surface area contributed by atoms with Crippen molar-refractivity contribution in [2.45, 2.75) is 19.4 Å². The third kappa shape index (κ3) is 1.21. The Balaban J connectivity index is 2.49.